The number of nitrogens with zero attached hydrogens (tertiary/aromatic N) is 1. The molecule has 3 nitrogen and oxygen atoms in total. The first kappa shape index (κ1) is 9.34. The molecular formula is C11H16N2O. The van der Waals surface area contributed by atoms with E-state index in [1.165, 1.54) is 0 Å². The monoisotopic (exact) mass is 192 g/mol. The summed E-state index contributed by atoms with van der Waals surface area (Å²) in [5.74, 6) is 0. The second-order valence-corrected chi connectivity index (χ2v) is 3.76. The molecule has 0 spiro atoms. The number of anilines is 2. The number of nitrogens with two attached hydrogens (primary N) is 1. The predicted octanol–water partition coefficient (Wildman–Crippen LogP) is 1.23. The minimum absolute atomic E-state index is 0.240. The number of benzene rings is 1. The zero-order valence-corrected chi connectivity index (χ0v) is 8.19. The highest BCUT2D eigenvalue weighted by Gasteiger charge is 2.23. The van der Waals surface area contributed by atoms with Crippen LogP contribution in [0.2, 0.25) is 0 Å². The van der Waals surface area contributed by atoms with E-state index >= 15 is 0 Å². The van der Waals surface area contributed by atoms with Crippen LogP contribution in [0.5, 0.6) is 0 Å². The van der Waals surface area contributed by atoms with E-state index < -0.39 is 0 Å². The van der Waals surface area contributed by atoms with Gasteiger partial charge in [-0.05, 0) is 37.1 Å². The van der Waals surface area contributed by atoms with Gasteiger partial charge in [0.1, 0.15) is 0 Å². The van der Waals surface area contributed by atoms with Gasteiger partial charge < -0.3 is 15.7 Å². The second-order valence-electron chi connectivity index (χ2n) is 3.76. The van der Waals surface area contributed by atoms with Crippen LogP contribution in [0.1, 0.15) is 12.8 Å². The van der Waals surface area contributed by atoms with Crippen LogP contribution < -0.4 is 10.6 Å². The third kappa shape index (κ3) is 1.68. The molecule has 0 saturated carbocycles. The summed E-state index contributed by atoms with van der Waals surface area (Å²) in [6.07, 6.45) is 2.25. The van der Waals surface area contributed by atoms with Crippen LogP contribution >= 0.6 is 0 Å². The highest BCUT2D eigenvalue weighted by atomic mass is 16.3. The summed E-state index contributed by atoms with van der Waals surface area (Å²) in [5.41, 5.74) is 7.57. The number of rotatable bonds is 2. The van der Waals surface area contributed by atoms with Crippen LogP contribution in [0.4, 0.5) is 11.4 Å². The van der Waals surface area contributed by atoms with Gasteiger partial charge in [-0.1, -0.05) is 0 Å². The van der Waals surface area contributed by atoms with Crippen molar-refractivity contribution in [2.45, 2.75) is 18.9 Å². The number of nitrogen functional groups attached to an aromatic ring is 1. The molecule has 1 aliphatic rings. The van der Waals surface area contributed by atoms with Crippen LogP contribution in [-0.4, -0.2) is 24.3 Å². The summed E-state index contributed by atoms with van der Waals surface area (Å²) in [4.78, 5) is 2.25. The third-order valence-corrected chi connectivity index (χ3v) is 2.81. The van der Waals surface area contributed by atoms with Gasteiger partial charge in [0.25, 0.3) is 0 Å². The van der Waals surface area contributed by atoms with Crippen LogP contribution in [-0.2, 0) is 0 Å². The lowest BCUT2D eigenvalue weighted by Crippen LogP contribution is -2.31. The van der Waals surface area contributed by atoms with E-state index in [4.69, 9.17) is 5.73 Å². The number of hydrogen-bond donors (Lipinski definition) is 2. The van der Waals surface area contributed by atoms with Crippen molar-refractivity contribution in [3.8, 4) is 0 Å². The molecule has 0 unspecified atom stereocenters. The molecule has 1 saturated heterocycles. The zero-order valence-electron chi connectivity index (χ0n) is 8.19. The summed E-state index contributed by atoms with van der Waals surface area (Å²) >= 11 is 0. The van der Waals surface area contributed by atoms with Gasteiger partial charge in [0.15, 0.2) is 0 Å². The maximum atomic E-state index is 9.19. The molecule has 3 heteroatoms. The molecule has 0 bridgehead atoms. The van der Waals surface area contributed by atoms with E-state index in [0.717, 1.165) is 30.8 Å². The Bertz CT molecular complexity index is 297. The third-order valence-electron chi connectivity index (χ3n) is 2.81. The fraction of sp³-hybridized carbons (Fsp3) is 0.455. The average molecular weight is 192 g/mol. The first-order valence-electron chi connectivity index (χ1n) is 5.04. The molecule has 1 fully saturated rings. The number of aliphatic hydroxyl groups is 1. The van der Waals surface area contributed by atoms with Crippen LogP contribution in [0.25, 0.3) is 0 Å². The van der Waals surface area contributed by atoms with Gasteiger partial charge in [-0.3, -0.25) is 0 Å². The van der Waals surface area contributed by atoms with Crippen molar-refractivity contribution in [3.63, 3.8) is 0 Å². The van der Waals surface area contributed by atoms with Gasteiger partial charge in [-0.25, -0.2) is 0 Å². The number of aliphatic hydroxyl groups excluding tert-OH is 1. The van der Waals surface area contributed by atoms with Crippen LogP contribution in [0.3, 0.4) is 0 Å². The molecule has 1 aliphatic heterocycles. The Labute approximate surface area is 84.1 Å². The SMILES string of the molecule is Nc1ccc(N2CCC[C@@H]2CO)cc1. The minimum atomic E-state index is 0.240. The molecule has 0 radical (unpaired) electrons. The van der Waals surface area contributed by atoms with E-state index in [1.54, 1.807) is 0 Å². The van der Waals surface area contributed by atoms with Crippen LogP contribution in [0, 0.1) is 0 Å². The Balaban J connectivity index is 2.17. The normalized spacial score (nSPS) is 21.5. The first-order chi connectivity index (χ1) is 6.81. The van der Waals surface area contributed by atoms with Crippen molar-refractivity contribution >= 4 is 11.4 Å². The summed E-state index contributed by atoms with van der Waals surface area (Å²) in [6.45, 7) is 1.28. The van der Waals surface area contributed by atoms with Crippen molar-refractivity contribution in [1.29, 1.82) is 0 Å². The second kappa shape index (κ2) is 3.88. The molecule has 2 rings (SSSR count). The van der Waals surface area contributed by atoms with Crippen molar-refractivity contribution in [1.82, 2.24) is 0 Å². The molecule has 0 aliphatic carbocycles. The Morgan fingerprint density at radius 3 is 2.71 bits per heavy atom. The van der Waals surface area contributed by atoms with E-state index in [0.29, 0.717) is 6.04 Å². The Morgan fingerprint density at radius 1 is 1.36 bits per heavy atom. The Kier molecular flexibility index (Phi) is 2.59. The lowest BCUT2D eigenvalue weighted by molar-refractivity contribution is 0.266. The van der Waals surface area contributed by atoms with Crippen molar-refractivity contribution in [2.75, 3.05) is 23.8 Å². The standard InChI is InChI=1S/C11H16N2O/c12-9-3-5-10(6-4-9)13-7-1-2-11(13)8-14/h3-6,11,14H,1-2,7-8,12H2/t11-/m1/s1. The van der Waals surface area contributed by atoms with Crippen LogP contribution in [0.15, 0.2) is 24.3 Å². The number of hydrogen-bond acceptors (Lipinski definition) is 3. The first-order valence-corrected chi connectivity index (χ1v) is 5.04. The summed E-state index contributed by atoms with van der Waals surface area (Å²) in [7, 11) is 0. The molecule has 14 heavy (non-hydrogen) atoms. The highest BCUT2D eigenvalue weighted by molar-refractivity contribution is 5.54. The van der Waals surface area contributed by atoms with E-state index in [1.807, 2.05) is 24.3 Å². The molecule has 1 aromatic carbocycles. The van der Waals surface area contributed by atoms with Gasteiger partial charge >= 0.3 is 0 Å². The quantitative estimate of drug-likeness (QED) is 0.693. The molecular weight excluding hydrogens is 176 g/mol. The fourth-order valence-corrected chi connectivity index (χ4v) is 2.03. The molecule has 0 amide bonds. The van der Waals surface area contributed by atoms with Crippen molar-refractivity contribution in [3.05, 3.63) is 24.3 Å². The van der Waals surface area contributed by atoms with E-state index in [-0.39, 0.29) is 6.61 Å². The minimum Gasteiger partial charge on any atom is -0.399 e. The fourth-order valence-electron chi connectivity index (χ4n) is 2.03. The summed E-state index contributed by atoms with van der Waals surface area (Å²) in [6, 6.07) is 8.13. The molecule has 1 heterocycles. The topological polar surface area (TPSA) is 49.5 Å². The summed E-state index contributed by atoms with van der Waals surface area (Å²) < 4.78 is 0. The lowest BCUT2D eigenvalue weighted by Gasteiger charge is -2.25. The van der Waals surface area contributed by atoms with Gasteiger partial charge in [-0.2, -0.15) is 0 Å². The lowest BCUT2D eigenvalue weighted by atomic mass is 10.2. The maximum absolute atomic E-state index is 9.19. The van der Waals surface area contributed by atoms with Gasteiger partial charge in [0, 0.05) is 17.9 Å². The Hall–Kier alpha value is -1.22. The van der Waals surface area contributed by atoms with E-state index in [2.05, 4.69) is 4.90 Å². The maximum Gasteiger partial charge on any atom is 0.0635 e. The smallest absolute Gasteiger partial charge is 0.0635 e. The van der Waals surface area contributed by atoms with Crippen molar-refractivity contribution in [2.24, 2.45) is 0 Å². The van der Waals surface area contributed by atoms with Crippen molar-refractivity contribution < 1.29 is 5.11 Å². The van der Waals surface area contributed by atoms with Gasteiger partial charge in [-0.15, -0.1) is 0 Å². The van der Waals surface area contributed by atoms with Gasteiger partial charge in [0.05, 0.1) is 12.6 Å². The molecule has 1 aromatic rings. The highest BCUT2D eigenvalue weighted by Crippen LogP contribution is 2.25. The summed E-state index contributed by atoms with van der Waals surface area (Å²) in [5, 5.41) is 9.19. The predicted molar refractivity (Wildman–Crippen MR) is 58.3 cm³/mol. The molecule has 76 valence electrons. The molecule has 1 atom stereocenters. The Morgan fingerprint density at radius 2 is 2.07 bits per heavy atom. The van der Waals surface area contributed by atoms with E-state index in [9.17, 15) is 5.11 Å². The zero-order chi connectivity index (χ0) is 9.97. The molecule has 3 N–H and O–H groups in total. The average Bonchev–Trinajstić information content (AvgIpc) is 2.67. The van der Waals surface area contributed by atoms with Gasteiger partial charge in [0.2, 0.25) is 0 Å². The molecule has 0 aromatic heterocycles. The largest absolute Gasteiger partial charge is 0.399 e.